The zero-order valence-electron chi connectivity index (χ0n) is 17.9. The maximum absolute atomic E-state index is 14.7. The highest BCUT2D eigenvalue weighted by atomic mass is 127. The Balaban J connectivity index is 0.00000320. The van der Waals surface area contributed by atoms with Crippen LogP contribution in [0.2, 0.25) is 0 Å². The lowest BCUT2D eigenvalue weighted by atomic mass is 10.1. The zero-order valence-corrected chi connectivity index (χ0v) is 21.1. The molecule has 0 bridgehead atoms. The highest BCUT2D eigenvalue weighted by Gasteiger charge is 2.18. The van der Waals surface area contributed by atoms with Crippen LogP contribution in [0, 0.1) is 12.7 Å². The summed E-state index contributed by atoms with van der Waals surface area (Å²) >= 11 is 1.71. The number of guanidine groups is 1. The normalized spacial score (nSPS) is 15.1. The summed E-state index contributed by atoms with van der Waals surface area (Å²) in [5.74, 6) is 0.551. The number of benzene rings is 1. The molecule has 2 N–H and O–H groups in total. The molecule has 0 radical (unpaired) electrons. The molecule has 1 aromatic carbocycles. The van der Waals surface area contributed by atoms with Crippen molar-refractivity contribution in [2.45, 2.75) is 26.8 Å². The molecule has 9 heteroatoms. The molecule has 30 heavy (non-hydrogen) atoms. The van der Waals surface area contributed by atoms with Crippen LogP contribution < -0.4 is 15.5 Å². The smallest absolute Gasteiger partial charge is 0.191 e. The lowest BCUT2D eigenvalue weighted by Crippen LogP contribution is -2.46. The van der Waals surface area contributed by atoms with Crippen LogP contribution in [0.3, 0.4) is 0 Å². The van der Waals surface area contributed by atoms with E-state index >= 15 is 0 Å². The van der Waals surface area contributed by atoms with Crippen LogP contribution in [0.15, 0.2) is 29.4 Å². The number of hydrogen-bond acceptors (Lipinski definition) is 5. The lowest BCUT2D eigenvalue weighted by Gasteiger charge is -2.35. The summed E-state index contributed by atoms with van der Waals surface area (Å²) in [5.41, 5.74) is 1.60. The average Bonchev–Trinajstić information content (AvgIpc) is 3.15. The van der Waals surface area contributed by atoms with E-state index in [2.05, 4.69) is 44.3 Å². The Hall–Kier alpha value is -1.46. The third kappa shape index (κ3) is 7.05. The second-order valence-electron chi connectivity index (χ2n) is 7.17. The molecule has 0 saturated carbocycles. The second-order valence-corrected chi connectivity index (χ2v) is 8.49. The minimum absolute atomic E-state index is 0. The van der Waals surface area contributed by atoms with Crippen LogP contribution in [0.5, 0.6) is 0 Å². The first kappa shape index (κ1) is 24.8. The van der Waals surface area contributed by atoms with Crippen molar-refractivity contribution in [3.05, 3.63) is 45.7 Å². The van der Waals surface area contributed by atoms with Crippen LogP contribution in [0.4, 0.5) is 10.1 Å². The number of aromatic nitrogens is 1. The SMILES string of the molecule is CCN1CCN(c2ccc(CNC(=NC)NCCc3ncc(C)s3)cc2F)CC1.I. The Morgan fingerprint density at radius 1 is 1.23 bits per heavy atom. The Labute approximate surface area is 200 Å². The fraction of sp³-hybridized carbons (Fsp3) is 0.524. The lowest BCUT2D eigenvalue weighted by molar-refractivity contribution is 0.270. The molecule has 1 aliphatic rings. The van der Waals surface area contributed by atoms with E-state index in [9.17, 15) is 4.39 Å². The number of aryl methyl sites for hydroxylation is 1. The molecule has 0 amide bonds. The third-order valence-corrected chi connectivity index (χ3v) is 6.13. The van der Waals surface area contributed by atoms with Gasteiger partial charge in [-0.25, -0.2) is 9.37 Å². The number of nitrogens with one attached hydrogen (secondary N) is 2. The van der Waals surface area contributed by atoms with E-state index in [-0.39, 0.29) is 29.8 Å². The van der Waals surface area contributed by atoms with Gasteiger partial charge in [0.05, 0.1) is 10.7 Å². The van der Waals surface area contributed by atoms with Gasteiger partial charge in [-0.2, -0.15) is 0 Å². The summed E-state index contributed by atoms with van der Waals surface area (Å²) in [6.07, 6.45) is 2.75. The average molecular weight is 546 g/mol. The molecule has 2 aromatic rings. The maximum Gasteiger partial charge on any atom is 0.191 e. The number of halogens is 2. The summed E-state index contributed by atoms with van der Waals surface area (Å²) in [7, 11) is 1.74. The van der Waals surface area contributed by atoms with E-state index in [1.807, 2.05) is 18.3 Å². The minimum atomic E-state index is -0.156. The number of likely N-dealkylation sites (N-methyl/N-ethyl adjacent to an activating group) is 1. The Kier molecular flexibility index (Phi) is 10.3. The van der Waals surface area contributed by atoms with E-state index in [0.29, 0.717) is 18.2 Å². The first-order chi connectivity index (χ1) is 14.1. The van der Waals surface area contributed by atoms with Crippen molar-refractivity contribution < 1.29 is 4.39 Å². The molecule has 0 aliphatic carbocycles. The van der Waals surface area contributed by atoms with Crippen molar-refractivity contribution in [2.75, 3.05) is 51.2 Å². The van der Waals surface area contributed by atoms with Crippen LogP contribution in [-0.2, 0) is 13.0 Å². The molecule has 1 saturated heterocycles. The Morgan fingerprint density at radius 2 is 2.00 bits per heavy atom. The van der Waals surface area contributed by atoms with E-state index in [1.165, 1.54) is 4.88 Å². The molecule has 0 unspecified atom stereocenters. The molecular formula is C21H32FIN6S. The molecule has 3 rings (SSSR count). The molecule has 1 aromatic heterocycles. The molecule has 6 nitrogen and oxygen atoms in total. The van der Waals surface area contributed by atoms with Gasteiger partial charge in [-0.1, -0.05) is 13.0 Å². The first-order valence-electron chi connectivity index (χ1n) is 10.2. The number of nitrogens with zero attached hydrogens (tertiary/aromatic N) is 4. The van der Waals surface area contributed by atoms with Crippen molar-refractivity contribution in [2.24, 2.45) is 4.99 Å². The van der Waals surface area contributed by atoms with Gasteiger partial charge in [0.1, 0.15) is 5.82 Å². The molecule has 0 atom stereocenters. The predicted octanol–water partition coefficient (Wildman–Crippen LogP) is 3.26. The Morgan fingerprint density at radius 3 is 2.60 bits per heavy atom. The number of anilines is 1. The summed E-state index contributed by atoms with van der Waals surface area (Å²) < 4.78 is 14.7. The minimum Gasteiger partial charge on any atom is -0.367 e. The summed E-state index contributed by atoms with van der Waals surface area (Å²) in [6.45, 7) is 10.3. The molecule has 1 aliphatic heterocycles. The number of rotatable bonds is 7. The summed E-state index contributed by atoms with van der Waals surface area (Å²) in [4.78, 5) is 14.4. The van der Waals surface area contributed by atoms with Crippen LogP contribution in [0.1, 0.15) is 22.4 Å². The summed E-state index contributed by atoms with van der Waals surface area (Å²) in [6, 6.07) is 5.51. The zero-order chi connectivity index (χ0) is 20.6. The fourth-order valence-corrected chi connectivity index (χ4v) is 4.22. The predicted molar refractivity (Wildman–Crippen MR) is 135 cm³/mol. The maximum atomic E-state index is 14.7. The van der Waals surface area contributed by atoms with Crippen molar-refractivity contribution in [1.82, 2.24) is 20.5 Å². The van der Waals surface area contributed by atoms with Crippen LogP contribution in [0.25, 0.3) is 0 Å². The number of aliphatic imine (C=N–C) groups is 1. The third-order valence-electron chi connectivity index (χ3n) is 5.16. The van der Waals surface area contributed by atoms with Gasteiger partial charge in [0.15, 0.2) is 5.96 Å². The second kappa shape index (κ2) is 12.4. The molecule has 1 fully saturated rings. The van der Waals surface area contributed by atoms with E-state index in [4.69, 9.17) is 0 Å². The summed E-state index contributed by atoms with van der Waals surface area (Å²) in [5, 5.41) is 7.65. The quantitative estimate of drug-likeness (QED) is 0.318. The fourth-order valence-electron chi connectivity index (χ4n) is 3.43. The van der Waals surface area contributed by atoms with Gasteiger partial charge in [-0.05, 0) is 31.2 Å². The topological polar surface area (TPSA) is 55.8 Å². The highest BCUT2D eigenvalue weighted by molar-refractivity contribution is 14.0. The van der Waals surface area contributed by atoms with Gasteiger partial charge in [-0.15, -0.1) is 35.3 Å². The van der Waals surface area contributed by atoms with Gasteiger partial charge in [-0.3, -0.25) is 4.99 Å². The van der Waals surface area contributed by atoms with Crippen LogP contribution >= 0.6 is 35.3 Å². The highest BCUT2D eigenvalue weighted by Crippen LogP contribution is 2.22. The monoisotopic (exact) mass is 546 g/mol. The largest absolute Gasteiger partial charge is 0.367 e. The van der Waals surface area contributed by atoms with E-state index < -0.39 is 0 Å². The van der Waals surface area contributed by atoms with Gasteiger partial charge in [0.2, 0.25) is 0 Å². The van der Waals surface area contributed by atoms with Crippen molar-refractivity contribution in [1.29, 1.82) is 0 Å². The standard InChI is InChI=1S/C21H31FN6S.HI/c1-4-27-9-11-28(12-10-27)19-6-5-17(13-18(19)22)15-26-21(23-3)24-8-7-20-25-14-16(2)29-20;/h5-6,13-14H,4,7-12,15H2,1-3H3,(H2,23,24,26);1H. The van der Waals surface area contributed by atoms with E-state index in [1.54, 1.807) is 24.5 Å². The number of thiazole rings is 1. The first-order valence-corrected chi connectivity index (χ1v) is 11.0. The van der Waals surface area contributed by atoms with Gasteiger partial charge in [0, 0.05) is 63.8 Å². The van der Waals surface area contributed by atoms with Gasteiger partial charge >= 0.3 is 0 Å². The van der Waals surface area contributed by atoms with Crippen molar-refractivity contribution in [3.63, 3.8) is 0 Å². The van der Waals surface area contributed by atoms with Gasteiger partial charge < -0.3 is 20.4 Å². The Bertz CT molecular complexity index is 820. The van der Waals surface area contributed by atoms with Crippen LogP contribution in [-0.4, -0.2) is 62.2 Å². The molecular weight excluding hydrogens is 514 g/mol. The molecule has 0 spiro atoms. The van der Waals surface area contributed by atoms with Crippen molar-refractivity contribution >= 4 is 47.0 Å². The molecule has 166 valence electrons. The van der Waals surface area contributed by atoms with Gasteiger partial charge in [0.25, 0.3) is 0 Å². The van der Waals surface area contributed by atoms with E-state index in [0.717, 1.165) is 56.3 Å². The number of piperazine rings is 1. The molecule has 2 heterocycles. The van der Waals surface area contributed by atoms with Crippen molar-refractivity contribution in [3.8, 4) is 0 Å². The number of hydrogen-bond donors (Lipinski definition) is 2.